The van der Waals surface area contributed by atoms with E-state index < -0.39 is 15.6 Å². The Bertz CT molecular complexity index is 616. The lowest BCUT2D eigenvalue weighted by molar-refractivity contribution is 0.421. The van der Waals surface area contributed by atoms with E-state index in [4.69, 9.17) is 5.26 Å². The van der Waals surface area contributed by atoms with Crippen molar-refractivity contribution in [3.05, 3.63) is 34.9 Å². The molecular weight excluding hydrogens is 274 g/mol. The second kappa shape index (κ2) is 6.35. The van der Waals surface area contributed by atoms with Gasteiger partial charge in [-0.2, -0.15) is 5.26 Å². The van der Waals surface area contributed by atoms with E-state index in [1.54, 1.807) is 6.07 Å². The van der Waals surface area contributed by atoms with Gasteiger partial charge in [0.2, 0.25) is 10.0 Å². The van der Waals surface area contributed by atoms with Gasteiger partial charge in [0.25, 0.3) is 0 Å². The molecule has 0 atom stereocenters. The molecule has 0 amide bonds. The molecule has 0 aliphatic rings. The maximum Gasteiger partial charge on any atom is 0.209 e. The van der Waals surface area contributed by atoms with Crippen molar-refractivity contribution in [3.63, 3.8) is 0 Å². The summed E-state index contributed by atoms with van der Waals surface area (Å²) in [5, 5.41) is 12.0. The number of benzene rings is 1. The van der Waals surface area contributed by atoms with Crippen molar-refractivity contribution < 1.29 is 8.42 Å². The van der Waals surface area contributed by atoms with Gasteiger partial charge in [0.05, 0.1) is 17.9 Å². The number of nitrogens with zero attached hydrogens (tertiary/aromatic N) is 1. The molecule has 0 bridgehead atoms. The second-order valence-corrected chi connectivity index (χ2v) is 7.36. The lowest BCUT2D eigenvalue weighted by atomic mass is 10.0. The molecule has 20 heavy (non-hydrogen) atoms. The van der Waals surface area contributed by atoms with Crippen LogP contribution in [0.25, 0.3) is 0 Å². The minimum absolute atomic E-state index is 0.513. The van der Waals surface area contributed by atoms with E-state index in [0.29, 0.717) is 18.7 Å². The fourth-order valence-corrected chi connectivity index (χ4v) is 3.09. The van der Waals surface area contributed by atoms with Gasteiger partial charge in [0, 0.05) is 18.6 Å². The van der Waals surface area contributed by atoms with Gasteiger partial charge in [-0.3, -0.25) is 0 Å². The van der Waals surface area contributed by atoms with Crippen LogP contribution in [-0.4, -0.2) is 26.8 Å². The smallest absolute Gasteiger partial charge is 0.209 e. The maximum absolute atomic E-state index is 11.2. The minimum Gasteiger partial charge on any atom is -0.311 e. The zero-order valence-corrected chi connectivity index (χ0v) is 13.1. The highest BCUT2D eigenvalue weighted by atomic mass is 32.2. The molecule has 1 aromatic carbocycles. The molecule has 0 aliphatic carbocycles. The molecule has 5 nitrogen and oxygen atoms in total. The van der Waals surface area contributed by atoms with Crippen LogP contribution in [0.15, 0.2) is 18.2 Å². The van der Waals surface area contributed by atoms with E-state index >= 15 is 0 Å². The van der Waals surface area contributed by atoms with E-state index in [2.05, 4.69) is 16.1 Å². The van der Waals surface area contributed by atoms with E-state index in [1.807, 2.05) is 32.9 Å². The van der Waals surface area contributed by atoms with Gasteiger partial charge >= 0.3 is 0 Å². The van der Waals surface area contributed by atoms with E-state index in [1.165, 1.54) is 0 Å². The minimum atomic E-state index is -3.22. The zero-order valence-electron chi connectivity index (χ0n) is 12.3. The molecule has 6 heteroatoms. The molecule has 2 N–H and O–H groups in total. The summed E-state index contributed by atoms with van der Waals surface area (Å²) < 4.78 is 25.1. The quantitative estimate of drug-likeness (QED) is 0.828. The molecule has 0 saturated carbocycles. The highest BCUT2D eigenvalue weighted by molar-refractivity contribution is 7.88. The summed E-state index contributed by atoms with van der Waals surface area (Å²) in [6.07, 6.45) is 1.15. The first kappa shape index (κ1) is 16.6. The third-order valence-corrected chi connectivity index (χ3v) is 3.74. The number of sulfonamides is 1. The fraction of sp³-hybridized carbons (Fsp3) is 0.500. The number of aryl methyl sites for hydroxylation is 1. The van der Waals surface area contributed by atoms with Crippen molar-refractivity contribution >= 4 is 10.0 Å². The Morgan fingerprint density at radius 2 is 2.00 bits per heavy atom. The summed E-state index contributed by atoms with van der Waals surface area (Å²) in [6, 6.07) is 7.64. The molecule has 0 fully saturated rings. The second-order valence-electron chi connectivity index (χ2n) is 5.61. The Hall–Kier alpha value is -1.42. The van der Waals surface area contributed by atoms with Crippen LogP contribution in [0, 0.1) is 18.3 Å². The predicted octanol–water partition coefficient (Wildman–Crippen LogP) is 1.28. The van der Waals surface area contributed by atoms with Gasteiger partial charge in [-0.05, 0) is 44.0 Å². The van der Waals surface area contributed by atoms with Crippen molar-refractivity contribution in [2.24, 2.45) is 0 Å². The van der Waals surface area contributed by atoms with Crippen LogP contribution in [0.1, 0.15) is 30.5 Å². The predicted molar refractivity (Wildman–Crippen MR) is 79.7 cm³/mol. The number of nitrogens with one attached hydrogen (secondary N) is 2. The highest BCUT2D eigenvalue weighted by Crippen LogP contribution is 2.11. The molecule has 1 rings (SSSR count). The topological polar surface area (TPSA) is 82.0 Å². The van der Waals surface area contributed by atoms with E-state index in [-0.39, 0.29) is 0 Å². The first-order valence-corrected chi connectivity index (χ1v) is 8.21. The van der Waals surface area contributed by atoms with Gasteiger partial charge in [-0.15, -0.1) is 0 Å². The Kier molecular flexibility index (Phi) is 5.28. The van der Waals surface area contributed by atoms with Gasteiger partial charge in [0.15, 0.2) is 0 Å². The number of hydrogen-bond acceptors (Lipinski definition) is 4. The molecule has 0 aliphatic heterocycles. The molecule has 0 unspecified atom stereocenters. The number of hydrogen-bond donors (Lipinski definition) is 2. The molecule has 0 radical (unpaired) electrons. The van der Waals surface area contributed by atoms with Crippen LogP contribution in [-0.2, 0) is 16.6 Å². The normalized spacial score (nSPS) is 12.2. The van der Waals surface area contributed by atoms with Crippen molar-refractivity contribution in [3.8, 4) is 6.07 Å². The first-order chi connectivity index (χ1) is 9.13. The summed E-state index contributed by atoms with van der Waals surface area (Å²) in [5.41, 5.74) is 2.24. The summed E-state index contributed by atoms with van der Waals surface area (Å²) in [7, 11) is -3.22. The standard InChI is InChI=1S/C14H21N3O2S/c1-11-7-12(8-15)5-6-13(11)9-16-10-14(2,3)17-20(4,18)19/h5-7,16-17H,9-10H2,1-4H3. The molecule has 1 aromatic rings. The Morgan fingerprint density at radius 1 is 1.35 bits per heavy atom. The monoisotopic (exact) mass is 295 g/mol. The van der Waals surface area contributed by atoms with E-state index in [0.717, 1.165) is 17.4 Å². The van der Waals surface area contributed by atoms with Crippen LogP contribution < -0.4 is 10.0 Å². The van der Waals surface area contributed by atoms with Crippen molar-refractivity contribution in [2.75, 3.05) is 12.8 Å². The summed E-state index contributed by atoms with van der Waals surface area (Å²) in [4.78, 5) is 0. The zero-order chi connectivity index (χ0) is 15.4. The molecule has 0 spiro atoms. The molecule has 0 heterocycles. The number of rotatable bonds is 6. The van der Waals surface area contributed by atoms with Crippen molar-refractivity contribution in [1.29, 1.82) is 5.26 Å². The lowest BCUT2D eigenvalue weighted by Crippen LogP contribution is -2.49. The molecule has 0 aromatic heterocycles. The third kappa shape index (κ3) is 5.70. The summed E-state index contributed by atoms with van der Waals surface area (Å²) in [6.45, 7) is 6.75. The largest absolute Gasteiger partial charge is 0.311 e. The van der Waals surface area contributed by atoms with Crippen molar-refractivity contribution in [1.82, 2.24) is 10.0 Å². The van der Waals surface area contributed by atoms with Gasteiger partial charge in [0.1, 0.15) is 0 Å². The first-order valence-electron chi connectivity index (χ1n) is 6.32. The van der Waals surface area contributed by atoms with Gasteiger partial charge in [-0.25, -0.2) is 13.1 Å². The van der Waals surface area contributed by atoms with Gasteiger partial charge < -0.3 is 5.32 Å². The Balaban J connectivity index is 2.59. The van der Waals surface area contributed by atoms with Crippen LogP contribution >= 0.6 is 0 Å². The van der Waals surface area contributed by atoms with E-state index in [9.17, 15) is 8.42 Å². The molecular formula is C14H21N3O2S. The van der Waals surface area contributed by atoms with Crippen LogP contribution in [0.4, 0.5) is 0 Å². The third-order valence-electron chi connectivity index (χ3n) is 2.82. The summed E-state index contributed by atoms with van der Waals surface area (Å²) in [5.74, 6) is 0. The Labute approximate surface area is 121 Å². The SMILES string of the molecule is Cc1cc(C#N)ccc1CNCC(C)(C)NS(C)(=O)=O. The van der Waals surface area contributed by atoms with Crippen LogP contribution in [0.5, 0.6) is 0 Å². The fourth-order valence-electron chi connectivity index (χ4n) is 2.01. The number of nitriles is 1. The lowest BCUT2D eigenvalue weighted by Gasteiger charge is -2.25. The van der Waals surface area contributed by atoms with Crippen LogP contribution in [0.2, 0.25) is 0 Å². The summed E-state index contributed by atoms with van der Waals surface area (Å²) >= 11 is 0. The van der Waals surface area contributed by atoms with Gasteiger partial charge in [-0.1, -0.05) is 6.07 Å². The maximum atomic E-state index is 11.2. The average Bonchev–Trinajstić information content (AvgIpc) is 2.27. The Morgan fingerprint density at radius 3 is 2.50 bits per heavy atom. The molecule has 0 saturated heterocycles. The van der Waals surface area contributed by atoms with Crippen molar-refractivity contribution in [2.45, 2.75) is 32.9 Å². The molecule has 110 valence electrons. The average molecular weight is 295 g/mol. The highest BCUT2D eigenvalue weighted by Gasteiger charge is 2.21. The van der Waals surface area contributed by atoms with Crippen LogP contribution in [0.3, 0.4) is 0 Å².